The van der Waals surface area contributed by atoms with Crippen molar-refractivity contribution >= 4 is 5.91 Å². The molecule has 0 spiro atoms. The number of benzene rings is 1. The molecule has 0 fully saturated rings. The first-order chi connectivity index (χ1) is 7.06. The standard InChI is InChI=1S/C11H15FN2O/c1-13-11(15)10(14(2)3)8-4-6-9(12)7-5-8/h4-7,10H,1-3H3,(H,13,15). The largest absolute Gasteiger partial charge is 0.358 e. The van der Waals surface area contributed by atoms with Crippen LogP contribution in [0.4, 0.5) is 4.39 Å². The van der Waals surface area contributed by atoms with Crippen molar-refractivity contribution in [1.29, 1.82) is 0 Å². The summed E-state index contributed by atoms with van der Waals surface area (Å²) in [7, 11) is 5.20. The van der Waals surface area contributed by atoms with E-state index in [9.17, 15) is 9.18 Å². The molecule has 4 heteroatoms. The van der Waals surface area contributed by atoms with Crippen molar-refractivity contribution < 1.29 is 9.18 Å². The Balaban J connectivity index is 2.99. The highest BCUT2D eigenvalue weighted by atomic mass is 19.1. The Morgan fingerprint density at radius 2 is 1.87 bits per heavy atom. The van der Waals surface area contributed by atoms with Crippen LogP contribution in [0.3, 0.4) is 0 Å². The van der Waals surface area contributed by atoms with Gasteiger partial charge < -0.3 is 5.32 Å². The molecular weight excluding hydrogens is 195 g/mol. The minimum Gasteiger partial charge on any atom is -0.358 e. The van der Waals surface area contributed by atoms with Crippen LogP contribution in [-0.4, -0.2) is 32.0 Å². The smallest absolute Gasteiger partial charge is 0.241 e. The highest BCUT2D eigenvalue weighted by molar-refractivity contribution is 5.82. The first-order valence-corrected chi connectivity index (χ1v) is 4.69. The molecule has 0 aliphatic rings. The molecule has 0 aliphatic heterocycles. The molecule has 1 aromatic rings. The molecule has 3 nitrogen and oxygen atoms in total. The second-order valence-corrected chi connectivity index (χ2v) is 3.53. The van der Waals surface area contributed by atoms with Gasteiger partial charge in [-0.2, -0.15) is 0 Å². The normalized spacial score (nSPS) is 12.6. The fraction of sp³-hybridized carbons (Fsp3) is 0.364. The van der Waals surface area contributed by atoms with Crippen LogP contribution in [0.2, 0.25) is 0 Å². The summed E-state index contributed by atoms with van der Waals surface area (Å²) in [5, 5.41) is 2.59. The van der Waals surface area contributed by atoms with Crippen LogP contribution in [0, 0.1) is 5.82 Å². The summed E-state index contributed by atoms with van der Waals surface area (Å²) in [5.74, 6) is -0.403. The molecule has 1 atom stereocenters. The van der Waals surface area contributed by atoms with Gasteiger partial charge in [0.1, 0.15) is 11.9 Å². The number of likely N-dealkylation sites (N-methyl/N-ethyl adjacent to an activating group) is 2. The molecule has 0 aromatic heterocycles. The van der Waals surface area contributed by atoms with Crippen molar-refractivity contribution in [2.45, 2.75) is 6.04 Å². The number of rotatable bonds is 3. The van der Waals surface area contributed by atoms with Crippen molar-refractivity contribution in [1.82, 2.24) is 10.2 Å². The summed E-state index contributed by atoms with van der Waals surface area (Å²) < 4.78 is 12.7. The summed E-state index contributed by atoms with van der Waals surface area (Å²) in [6.07, 6.45) is 0. The molecule has 0 aliphatic carbocycles. The molecule has 0 radical (unpaired) electrons. The van der Waals surface area contributed by atoms with E-state index in [-0.39, 0.29) is 17.8 Å². The predicted octanol–water partition coefficient (Wildman–Crippen LogP) is 1.17. The van der Waals surface area contributed by atoms with E-state index in [0.717, 1.165) is 5.56 Å². The van der Waals surface area contributed by atoms with Crippen molar-refractivity contribution in [2.24, 2.45) is 0 Å². The summed E-state index contributed by atoms with van der Waals surface area (Å²) in [6.45, 7) is 0. The van der Waals surface area contributed by atoms with E-state index in [1.807, 2.05) is 14.1 Å². The zero-order valence-electron chi connectivity index (χ0n) is 9.12. The van der Waals surface area contributed by atoms with E-state index in [0.29, 0.717) is 0 Å². The minimum atomic E-state index is -0.379. The van der Waals surface area contributed by atoms with Crippen LogP contribution in [0.15, 0.2) is 24.3 Å². The fourth-order valence-corrected chi connectivity index (χ4v) is 1.47. The van der Waals surface area contributed by atoms with Gasteiger partial charge >= 0.3 is 0 Å². The highest BCUT2D eigenvalue weighted by Gasteiger charge is 2.21. The fourth-order valence-electron chi connectivity index (χ4n) is 1.47. The van der Waals surface area contributed by atoms with Gasteiger partial charge in [0.05, 0.1) is 0 Å². The first-order valence-electron chi connectivity index (χ1n) is 4.69. The SMILES string of the molecule is CNC(=O)C(c1ccc(F)cc1)N(C)C. The second-order valence-electron chi connectivity index (χ2n) is 3.53. The van der Waals surface area contributed by atoms with E-state index >= 15 is 0 Å². The van der Waals surface area contributed by atoms with E-state index in [2.05, 4.69) is 5.32 Å². The Hall–Kier alpha value is -1.42. The number of halogens is 1. The average molecular weight is 210 g/mol. The van der Waals surface area contributed by atoms with E-state index in [4.69, 9.17) is 0 Å². The van der Waals surface area contributed by atoms with Crippen LogP contribution in [-0.2, 0) is 4.79 Å². The third-order valence-electron chi connectivity index (χ3n) is 2.20. The molecule has 0 saturated carbocycles. The molecule has 15 heavy (non-hydrogen) atoms. The molecule has 0 bridgehead atoms. The monoisotopic (exact) mass is 210 g/mol. The summed E-state index contributed by atoms with van der Waals surface area (Å²) in [5.41, 5.74) is 0.778. The Labute approximate surface area is 88.9 Å². The Morgan fingerprint density at radius 1 is 1.33 bits per heavy atom. The van der Waals surface area contributed by atoms with E-state index in [1.165, 1.54) is 12.1 Å². The third-order valence-corrected chi connectivity index (χ3v) is 2.20. The van der Waals surface area contributed by atoms with Gasteiger partial charge in [0.15, 0.2) is 0 Å². The van der Waals surface area contributed by atoms with E-state index < -0.39 is 0 Å². The van der Waals surface area contributed by atoms with Crippen LogP contribution in [0.1, 0.15) is 11.6 Å². The van der Waals surface area contributed by atoms with Gasteiger partial charge in [-0.25, -0.2) is 4.39 Å². The molecule has 1 aromatic carbocycles. The number of hydrogen-bond donors (Lipinski definition) is 1. The molecule has 1 amide bonds. The van der Waals surface area contributed by atoms with Gasteiger partial charge in [-0.15, -0.1) is 0 Å². The van der Waals surface area contributed by atoms with Gasteiger partial charge in [0, 0.05) is 7.05 Å². The number of nitrogens with zero attached hydrogens (tertiary/aromatic N) is 1. The Kier molecular flexibility index (Phi) is 3.80. The molecule has 1 unspecified atom stereocenters. The summed E-state index contributed by atoms with van der Waals surface area (Å²) in [4.78, 5) is 13.4. The number of amides is 1. The van der Waals surface area contributed by atoms with Crippen LogP contribution < -0.4 is 5.32 Å². The average Bonchev–Trinajstić information content (AvgIpc) is 2.20. The zero-order chi connectivity index (χ0) is 11.4. The lowest BCUT2D eigenvalue weighted by atomic mass is 10.1. The van der Waals surface area contributed by atoms with Crippen LogP contribution in [0.25, 0.3) is 0 Å². The molecule has 1 N–H and O–H groups in total. The third kappa shape index (κ3) is 2.76. The molecule has 82 valence electrons. The topological polar surface area (TPSA) is 32.3 Å². The molecule has 1 rings (SSSR count). The van der Waals surface area contributed by atoms with Crippen LogP contribution in [0.5, 0.6) is 0 Å². The number of nitrogens with one attached hydrogen (secondary N) is 1. The molecular formula is C11H15FN2O. The van der Waals surface area contributed by atoms with Crippen molar-refractivity contribution in [3.63, 3.8) is 0 Å². The van der Waals surface area contributed by atoms with Crippen molar-refractivity contribution in [3.05, 3.63) is 35.6 Å². The lowest BCUT2D eigenvalue weighted by Crippen LogP contribution is -2.35. The predicted molar refractivity (Wildman–Crippen MR) is 56.9 cm³/mol. The maximum atomic E-state index is 12.7. The Bertz CT molecular complexity index is 335. The van der Waals surface area contributed by atoms with Gasteiger partial charge in [-0.05, 0) is 31.8 Å². The maximum Gasteiger partial charge on any atom is 0.241 e. The quantitative estimate of drug-likeness (QED) is 0.812. The highest BCUT2D eigenvalue weighted by Crippen LogP contribution is 2.18. The van der Waals surface area contributed by atoms with Crippen LogP contribution >= 0.6 is 0 Å². The lowest BCUT2D eigenvalue weighted by Gasteiger charge is -2.22. The first kappa shape index (κ1) is 11.7. The second kappa shape index (κ2) is 4.89. The minimum absolute atomic E-state index is 0.105. The number of carbonyl (C=O) groups is 1. The van der Waals surface area contributed by atoms with Gasteiger partial charge in [-0.3, -0.25) is 9.69 Å². The maximum absolute atomic E-state index is 12.7. The number of hydrogen-bond acceptors (Lipinski definition) is 2. The summed E-state index contributed by atoms with van der Waals surface area (Å²) >= 11 is 0. The molecule has 0 heterocycles. The molecule has 0 saturated heterocycles. The lowest BCUT2D eigenvalue weighted by molar-refractivity contribution is -0.125. The van der Waals surface area contributed by atoms with Gasteiger partial charge in [0.25, 0.3) is 0 Å². The van der Waals surface area contributed by atoms with Crippen molar-refractivity contribution in [3.8, 4) is 0 Å². The Morgan fingerprint density at radius 3 is 2.27 bits per heavy atom. The van der Waals surface area contributed by atoms with Gasteiger partial charge in [-0.1, -0.05) is 12.1 Å². The zero-order valence-corrected chi connectivity index (χ0v) is 9.12. The van der Waals surface area contributed by atoms with E-state index in [1.54, 1.807) is 24.1 Å². The van der Waals surface area contributed by atoms with Crippen molar-refractivity contribution in [2.75, 3.05) is 21.1 Å². The number of carbonyl (C=O) groups excluding carboxylic acids is 1. The summed E-state index contributed by atoms with van der Waals surface area (Å²) in [6, 6.07) is 5.57. The van der Waals surface area contributed by atoms with Gasteiger partial charge in [0.2, 0.25) is 5.91 Å².